The Labute approximate surface area is 107 Å². The van der Waals surface area contributed by atoms with Crippen LogP contribution in [-0.2, 0) is 0 Å². The average Bonchev–Trinajstić information content (AvgIpc) is 2.29. The van der Waals surface area contributed by atoms with E-state index >= 15 is 0 Å². The van der Waals surface area contributed by atoms with Gasteiger partial charge in [0.1, 0.15) is 5.75 Å². The number of rotatable bonds is 7. The van der Waals surface area contributed by atoms with Gasteiger partial charge in [-0.05, 0) is 37.7 Å². The van der Waals surface area contributed by atoms with Crippen LogP contribution in [0.25, 0.3) is 0 Å². The first-order valence-electron chi connectivity index (χ1n) is 5.28. The molecule has 1 aromatic rings. The Morgan fingerprint density at radius 3 is 2.81 bits per heavy atom. The lowest BCUT2D eigenvalue weighted by Crippen LogP contribution is -2.08. The molecule has 0 aromatic heterocycles. The summed E-state index contributed by atoms with van der Waals surface area (Å²) in [6.45, 7) is 0.722. The average molecular weight is 255 g/mol. The number of hydrogen-bond donors (Lipinski definition) is 1. The van der Waals surface area contributed by atoms with Gasteiger partial charge in [-0.25, -0.2) is 0 Å². The van der Waals surface area contributed by atoms with E-state index < -0.39 is 0 Å². The van der Waals surface area contributed by atoms with E-state index in [0.29, 0.717) is 4.99 Å². The van der Waals surface area contributed by atoms with Gasteiger partial charge in [-0.1, -0.05) is 24.4 Å². The molecular weight excluding hydrogens is 238 g/mol. The summed E-state index contributed by atoms with van der Waals surface area (Å²) in [5, 5.41) is 0. The highest BCUT2D eigenvalue weighted by molar-refractivity contribution is 7.98. The molecule has 0 saturated heterocycles. The first kappa shape index (κ1) is 13.3. The van der Waals surface area contributed by atoms with Crippen LogP contribution in [0, 0.1) is 0 Å². The van der Waals surface area contributed by atoms with Crippen LogP contribution in [-0.4, -0.2) is 17.9 Å². The molecule has 0 aliphatic carbocycles. The molecule has 0 heterocycles. The fourth-order valence-corrected chi connectivity index (χ4v) is 2.01. The number of ether oxygens (including phenoxy) is 1. The van der Waals surface area contributed by atoms with Crippen molar-refractivity contribution in [1.29, 1.82) is 0 Å². The normalized spacial score (nSPS) is 10.1. The Bertz CT molecular complexity index is 342. The standard InChI is InChI=1S/C12H17NOS2/c1-16-11-7-3-2-6-10(11)14-9-5-4-8-12(13)15/h2-3,6-7H,4-5,8-9H2,1H3,(H2,13,15). The third-order valence-electron chi connectivity index (χ3n) is 2.14. The number of benzene rings is 1. The van der Waals surface area contributed by atoms with E-state index in [1.54, 1.807) is 11.8 Å². The zero-order valence-corrected chi connectivity index (χ0v) is 11.1. The maximum Gasteiger partial charge on any atom is 0.132 e. The van der Waals surface area contributed by atoms with Gasteiger partial charge in [-0.2, -0.15) is 0 Å². The molecule has 88 valence electrons. The summed E-state index contributed by atoms with van der Waals surface area (Å²) >= 11 is 6.51. The SMILES string of the molecule is CSc1ccccc1OCCCCC(N)=S. The molecule has 0 amide bonds. The van der Waals surface area contributed by atoms with Crippen molar-refractivity contribution >= 4 is 29.0 Å². The number of thiocarbonyl (C=S) groups is 1. The Morgan fingerprint density at radius 1 is 1.38 bits per heavy atom. The minimum absolute atomic E-state index is 0.588. The third-order valence-corrected chi connectivity index (χ3v) is 3.13. The molecule has 0 unspecified atom stereocenters. The molecule has 2 nitrogen and oxygen atoms in total. The summed E-state index contributed by atoms with van der Waals surface area (Å²) in [6.07, 6.45) is 4.84. The van der Waals surface area contributed by atoms with Crippen molar-refractivity contribution in [2.45, 2.75) is 24.2 Å². The van der Waals surface area contributed by atoms with Crippen LogP contribution < -0.4 is 10.5 Å². The summed E-state index contributed by atoms with van der Waals surface area (Å²) in [6, 6.07) is 8.07. The van der Waals surface area contributed by atoms with E-state index in [1.807, 2.05) is 18.2 Å². The third kappa shape index (κ3) is 4.86. The Hall–Kier alpha value is -0.740. The first-order chi connectivity index (χ1) is 7.74. The van der Waals surface area contributed by atoms with Gasteiger partial charge in [0.2, 0.25) is 0 Å². The smallest absolute Gasteiger partial charge is 0.132 e. The minimum atomic E-state index is 0.588. The molecule has 0 bridgehead atoms. The Morgan fingerprint density at radius 2 is 2.12 bits per heavy atom. The van der Waals surface area contributed by atoms with Gasteiger partial charge in [0.15, 0.2) is 0 Å². The van der Waals surface area contributed by atoms with Crippen LogP contribution in [0.1, 0.15) is 19.3 Å². The van der Waals surface area contributed by atoms with E-state index in [9.17, 15) is 0 Å². The fraction of sp³-hybridized carbons (Fsp3) is 0.417. The fourth-order valence-electron chi connectivity index (χ4n) is 1.32. The molecular formula is C12H17NOS2. The predicted octanol–water partition coefficient (Wildman–Crippen LogP) is 3.24. The molecule has 0 radical (unpaired) electrons. The number of unbranched alkanes of at least 4 members (excludes halogenated alkanes) is 1. The second-order valence-corrected chi connectivity index (χ2v) is 4.80. The summed E-state index contributed by atoms with van der Waals surface area (Å²) in [5.74, 6) is 0.963. The topological polar surface area (TPSA) is 35.2 Å². The maximum atomic E-state index is 5.70. The van der Waals surface area contributed by atoms with Crippen LogP contribution >= 0.6 is 24.0 Å². The van der Waals surface area contributed by atoms with E-state index in [-0.39, 0.29) is 0 Å². The summed E-state index contributed by atoms with van der Waals surface area (Å²) < 4.78 is 5.70. The highest BCUT2D eigenvalue weighted by Gasteiger charge is 2.00. The largest absolute Gasteiger partial charge is 0.492 e. The Kier molecular flexibility index (Phi) is 6.26. The minimum Gasteiger partial charge on any atom is -0.492 e. The number of nitrogens with two attached hydrogens (primary N) is 1. The summed E-state index contributed by atoms with van der Waals surface area (Å²) in [5.41, 5.74) is 5.42. The van der Waals surface area contributed by atoms with Crippen molar-refractivity contribution in [2.75, 3.05) is 12.9 Å². The van der Waals surface area contributed by atoms with Crippen LogP contribution in [0.2, 0.25) is 0 Å². The molecule has 0 aliphatic heterocycles. The van der Waals surface area contributed by atoms with Crippen molar-refractivity contribution < 1.29 is 4.74 Å². The summed E-state index contributed by atoms with van der Waals surface area (Å²) in [7, 11) is 0. The van der Waals surface area contributed by atoms with E-state index in [0.717, 1.165) is 31.6 Å². The molecule has 0 spiro atoms. The highest BCUT2D eigenvalue weighted by atomic mass is 32.2. The molecule has 0 aliphatic rings. The zero-order valence-electron chi connectivity index (χ0n) is 9.44. The monoisotopic (exact) mass is 255 g/mol. The second-order valence-electron chi connectivity index (χ2n) is 3.42. The molecule has 16 heavy (non-hydrogen) atoms. The lowest BCUT2D eigenvalue weighted by molar-refractivity contribution is 0.301. The van der Waals surface area contributed by atoms with Gasteiger partial charge in [0, 0.05) is 4.90 Å². The highest BCUT2D eigenvalue weighted by Crippen LogP contribution is 2.26. The van der Waals surface area contributed by atoms with Crippen LogP contribution in [0.3, 0.4) is 0 Å². The van der Waals surface area contributed by atoms with Crippen molar-refractivity contribution in [2.24, 2.45) is 5.73 Å². The molecule has 0 saturated carbocycles. The lowest BCUT2D eigenvalue weighted by atomic mass is 10.2. The van der Waals surface area contributed by atoms with Gasteiger partial charge in [0.05, 0.1) is 11.6 Å². The molecule has 1 aromatic carbocycles. The van der Waals surface area contributed by atoms with Gasteiger partial charge < -0.3 is 10.5 Å². The predicted molar refractivity (Wildman–Crippen MR) is 74.4 cm³/mol. The van der Waals surface area contributed by atoms with Gasteiger partial charge in [0.25, 0.3) is 0 Å². The number of hydrogen-bond acceptors (Lipinski definition) is 3. The lowest BCUT2D eigenvalue weighted by Gasteiger charge is -2.09. The molecule has 2 N–H and O–H groups in total. The molecule has 4 heteroatoms. The van der Waals surface area contributed by atoms with E-state index in [2.05, 4.69) is 12.3 Å². The quantitative estimate of drug-likeness (QED) is 0.461. The summed E-state index contributed by atoms with van der Waals surface area (Å²) in [4.78, 5) is 1.77. The molecule has 1 rings (SSSR count). The van der Waals surface area contributed by atoms with E-state index in [4.69, 9.17) is 22.7 Å². The first-order valence-corrected chi connectivity index (χ1v) is 6.91. The van der Waals surface area contributed by atoms with Crippen LogP contribution in [0.15, 0.2) is 29.2 Å². The van der Waals surface area contributed by atoms with Gasteiger partial charge in [-0.15, -0.1) is 11.8 Å². The molecule has 0 fully saturated rings. The van der Waals surface area contributed by atoms with Crippen LogP contribution in [0.5, 0.6) is 5.75 Å². The maximum absolute atomic E-state index is 5.70. The number of thioether (sulfide) groups is 1. The van der Waals surface area contributed by atoms with Crippen molar-refractivity contribution in [3.05, 3.63) is 24.3 Å². The zero-order chi connectivity index (χ0) is 11.8. The van der Waals surface area contributed by atoms with Gasteiger partial charge in [-0.3, -0.25) is 0 Å². The van der Waals surface area contributed by atoms with Crippen molar-refractivity contribution in [3.63, 3.8) is 0 Å². The number of para-hydroxylation sites is 1. The van der Waals surface area contributed by atoms with E-state index in [1.165, 1.54) is 4.90 Å². The second kappa shape index (κ2) is 7.52. The van der Waals surface area contributed by atoms with Crippen molar-refractivity contribution in [3.8, 4) is 5.75 Å². The molecule has 0 atom stereocenters. The Balaban J connectivity index is 2.28. The van der Waals surface area contributed by atoms with Crippen molar-refractivity contribution in [1.82, 2.24) is 0 Å². The van der Waals surface area contributed by atoms with Crippen LogP contribution in [0.4, 0.5) is 0 Å². The van der Waals surface area contributed by atoms with Gasteiger partial charge >= 0.3 is 0 Å².